The van der Waals surface area contributed by atoms with E-state index in [1.807, 2.05) is 6.92 Å². The molecule has 0 spiro atoms. The SMILES string of the molecule is CCC(C)(CNC(=O)N(C)CC1CCC1)C(=O)O. The van der Waals surface area contributed by atoms with E-state index in [0.29, 0.717) is 12.3 Å². The van der Waals surface area contributed by atoms with Crippen LogP contribution in [0, 0.1) is 11.3 Å². The molecule has 0 saturated heterocycles. The van der Waals surface area contributed by atoms with Crippen molar-refractivity contribution in [3.63, 3.8) is 0 Å². The zero-order valence-electron chi connectivity index (χ0n) is 11.5. The van der Waals surface area contributed by atoms with Gasteiger partial charge < -0.3 is 15.3 Å². The van der Waals surface area contributed by atoms with Crippen molar-refractivity contribution in [2.24, 2.45) is 11.3 Å². The zero-order chi connectivity index (χ0) is 13.8. The van der Waals surface area contributed by atoms with Crippen LogP contribution in [-0.2, 0) is 4.79 Å². The van der Waals surface area contributed by atoms with Gasteiger partial charge in [-0.2, -0.15) is 0 Å². The summed E-state index contributed by atoms with van der Waals surface area (Å²) in [7, 11) is 1.76. The van der Waals surface area contributed by atoms with Crippen LogP contribution in [0.25, 0.3) is 0 Å². The van der Waals surface area contributed by atoms with Gasteiger partial charge in [-0.15, -0.1) is 0 Å². The van der Waals surface area contributed by atoms with Crippen molar-refractivity contribution in [3.8, 4) is 0 Å². The molecule has 0 heterocycles. The molecule has 1 fully saturated rings. The van der Waals surface area contributed by atoms with E-state index < -0.39 is 11.4 Å². The molecular formula is C13H24N2O3. The highest BCUT2D eigenvalue weighted by Crippen LogP contribution is 2.26. The lowest BCUT2D eigenvalue weighted by atomic mass is 9.85. The normalized spacial score (nSPS) is 18.6. The van der Waals surface area contributed by atoms with Gasteiger partial charge in [0.25, 0.3) is 0 Å². The molecule has 18 heavy (non-hydrogen) atoms. The van der Waals surface area contributed by atoms with Gasteiger partial charge in [0.05, 0.1) is 5.41 Å². The van der Waals surface area contributed by atoms with Crippen molar-refractivity contribution in [2.75, 3.05) is 20.1 Å². The summed E-state index contributed by atoms with van der Waals surface area (Å²) < 4.78 is 0. The van der Waals surface area contributed by atoms with Gasteiger partial charge in [0.2, 0.25) is 0 Å². The second-order valence-electron chi connectivity index (χ2n) is 5.56. The molecule has 0 bridgehead atoms. The first kappa shape index (κ1) is 14.8. The molecule has 0 aromatic rings. The van der Waals surface area contributed by atoms with Gasteiger partial charge in [0, 0.05) is 20.1 Å². The van der Waals surface area contributed by atoms with Crippen molar-refractivity contribution in [1.82, 2.24) is 10.2 Å². The number of aliphatic carboxylic acids is 1. The van der Waals surface area contributed by atoms with Crippen molar-refractivity contribution in [2.45, 2.75) is 39.5 Å². The number of carbonyl (C=O) groups excluding carboxylic acids is 1. The lowest BCUT2D eigenvalue weighted by Gasteiger charge is -2.31. The molecule has 2 N–H and O–H groups in total. The highest BCUT2D eigenvalue weighted by molar-refractivity contribution is 5.77. The minimum Gasteiger partial charge on any atom is -0.481 e. The molecular weight excluding hydrogens is 232 g/mol. The quantitative estimate of drug-likeness (QED) is 0.763. The zero-order valence-corrected chi connectivity index (χ0v) is 11.5. The lowest BCUT2D eigenvalue weighted by molar-refractivity contribution is -0.147. The molecule has 0 aliphatic heterocycles. The Labute approximate surface area is 109 Å². The van der Waals surface area contributed by atoms with Crippen LogP contribution in [-0.4, -0.2) is 42.1 Å². The third-order valence-electron chi connectivity index (χ3n) is 4.03. The van der Waals surface area contributed by atoms with E-state index >= 15 is 0 Å². The summed E-state index contributed by atoms with van der Waals surface area (Å²) in [4.78, 5) is 24.6. The highest BCUT2D eigenvalue weighted by Gasteiger charge is 2.32. The number of hydrogen-bond donors (Lipinski definition) is 2. The topological polar surface area (TPSA) is 69.6 Å². The number of nitrogens with zero attached hydrogens (tertiary/aromatic N) is 1. The molecule has 0 aromatic heterocycles. The van der Waals surface area contributed by atoms with E-state index in [9.17, 15) is 9.59 Å². The smallest absolute Gasteiger partial charge is 0.317 e. The van der Waals surface area contributed by atoms with E-state index in [0.717, 1.165) is 6.54 Å². The van der Waals surface area contributed by atoms with Gasteiger partial charge >= 0.3 is 12.0 Å². The molecule has 1 aliphatic carbocycles. The van der Waals surface area contributed by atoms with Crippen LogP contribution in [0.3, 0.4) is 0 Å². The van der Waals surface area contributed by atoms with E-state index in [4.69, 9.17) is 5.11 Å². The molecule has 5 nitrogen and oxygen atoms in total. The average Bonchev–Trinajstić information content (AvgIpc) is 2.29. The summed E-state index contributed by atoms with van der Waals surface area (Å²) in [5.74, 6) is -0.246. The molecule has 1 aliphatic rings. The van der Waals surface area contributed by atoms with Gasteiger partial charge in [-0.25, -0.2) is 4.79 Å². The summed E-state index contributed by atoms with van der Waals surface area (Å²) in [5.41, 5.74) is -0.882. The maximum Gasteiger partial charge on any atom is 0.317 e. The van der Waals surface area contributed by atoms with Gasteiger partial charge in [0.1, 0.15) is 0 Å². The van der Waals surface area contributed by atoms with Crippen LogP contribution >= 0.6 is 0 Å². The van der Waals surface area contributed by atoms with Crippen LogP contribution in [0.2, 0.25) is 0 Å². The van der Waals surface area contributed by atoms with Crippen LogP contribution < -0.4 is 5.32 Å². The molecule has 1 atom stereocenters. The summed E-state index contributed by atoms with van der Waals surface area (Å²) in [6.45, 7) is 4.41. The third-order valence-corrected chi connectivity index (χ3v) is 4.03. The standard InChI is InChI=1S/C13H24N2O3/c1-4-13(2,11(16)17)9-14-12(18)15(3)8-10-6-5-7-10/h10H,4-9H2,1-3H3,(H,14,18)(H,16,17). The Balaban J connectivity index is 2.36. The third kappa shape index (κ3) is 3.62. The molecule has 1 unspecified atom stereocenters. The monoisotopic (exact) mass is 256 g/mol. The summed E-state index contributed by atoms with van der Waals surface area (Å²) in [6.07, 6.45) is 4.14. The van der Waals surface area contributed by atoms with Crippen LogP contribution in [0.1, 0.15) is 39.5 Å². The number of carboxylic acid groups (broad SMARTS) is 1. The number of nitrogens with one attached hydrogen (secondary N) is 1. The number of hydrogen-bond acceptors (Lipinski definition) is 2. The Hall–Kier alpha value is -1.26. The number of amides is 2. The van der Waals surface area contributed by atoms with Gasteiger partial charge in [-0.05, 0) is 32.1 Å². The number of rotatable bonds is 6. The molecule has 0 radical (unpaired) electrons. The molecule has 1 saturated carbocycles. The second kappa shape index (κ2) is 6.07. The largest absolute Gasteiger partial charge is 0.481 e. The van der Waals surface area contributed by atoms with E-state index in [1.165, 1.54) is 19.3 Å². The van der Waals surface area contributed by atoms with Crippen molar-refractivity contribution >= 4 is 12.0 Å². The fourth-order valence-corrected chi connectivity index (χ4v) is 1.90. The number of carboxylic acids is 1. The predicted molar refractivity (Wildman–Crippen MR) is 69.4 cm³/mol. The fourth-order valence-electron chi connectivity index (χ4n) is 1.90. The number of carbonyl (C=O) groups is 2. The molecule has 2 amide bonds. The minimum atomic E-state index is -0.882. The van der Waals surface area contributed by atoms with Gasteiger partial charge in [-0.1, -0.05) is 13.3 Å². The minimum absolute atomic E-state index is 0.173. The highest BCUT2D eigenvalue weighted by atomic mass is 16.4. The summed E-state index contributed by atoms with van der Waals surface area (Å²) in [5, 5.41) is 11.8. The average molecular weight is 256 g/mol. The molecule has 0 aromatic carbocycles. The molecule has 5 heteroatoms. The molecule has 1 rings (SSSR count). The first-order valence-electron chi connectivity index (χ1n) is 6.61. The summed E-state index contributed by atoms with van der Waals surface area (Å²) in [6, 6.07) is -0.178. The Morgan fingerprint density at radius 2 is 2.06 bits per heavy atom. The first-order chi connectivity index (χ1) is 8.39. The molecule has 104 valence electrons. The van der Waals surface area contributed by atoms with Crippen molar-refractivity contribution < 1.29 is 14.7 Å². The van der Waals surface area contributed by atoms with Gasteiger partial charge in [0.15, 0.2) is 0 Å². The van der Waals surface area contributed by atoms with Crippen LogP contribution in [0.5, 0.6) is 0 Å². The first-order valence-corrected chi connectivity index (χ1v) is 6.61. The Bertz CT molecular complexity index is 315. The Morgan fingerprint density at radius 3 is 2.44 bits per heavy atom. The van der Waals surface area contributed by atoms with Crippen molar-refractivity contribution in [3.05, 3.63) is 0 Å². The lowest BCUT2D eigenvalue weighted by Crippen LogP contribution is -2.46. The van der Waals surface area contributed by atoms with E-state index in [2.05, 4.69) is 5.32 Å². The fraction of sp³-hybridized carbons (Fsp3) is 0.846. The van der Waals surface area contributed by atoms with E-state index in [-0.39, 0.29) is 12.6 Å². The van der Waals surface area contributed by atoms with Gasteiger partial charge in [-0.3, -0.25) is 4.79 Å². The van der Waals surface area contributed by atoms with E-state index in [1.54, 1.807) is 18.9 Å². The van der Waals surface area contributed by atoms with Crippen molar-refractivity contribution in [1.29, 1.82) is 0 Å². The Morgan fingerprint density at radius 1 is 1.44 bits per heavy atom. The number of urea groups is 1. The van der Waals surface area contributed by atoms with Crippen LogP contribution in [0.15, 0.2) is 0 Å². The maximum absolute atomic E-state index is 11.8. The summed E-state index contributed by atoms with van der Waals surface area (Å²) >= 11 is 0. The van der Waals surface area contributed by atoms with Crippen LogP contribution in [0.4, 0.5) is 4.79 Å². The second-order valence-corrected chi connectivity index (χ2v) is 5.56. The maximum atomic E-state index is 11.8. The predicted octanol–water partition coefficient (Wildman–Crippen LogP) is 1.93. The Kier molecular flexibility index (Phi) is 4.99.